The van der Waals surface area contributed by atoms with Crippen LogP contribution in [0.4, 0.5) is 13.2 Å². The van der Waals surface area contributed by atoms with Gasteiger partial charge in [0, 0.05) is 0 Å². The summed E-state index contributed by atoms with van der Waals surface area (Å²) in [5.41, 5.74) is 0. The van der Waals surface area contributed by atoms with Gasteiger partial charge in [-0.15, -0.1) is 0 Å². The Kier molecular flexibility index (Phi) is 2.86. The molecule has 0 saturated carbocycles. The molecule has 0 fully saturated rings. The van der Waals surface area contributed by atoms with Crippen molar-refractivity contribution in [3.63, 3.8) is 0 Å². The summed E-state index contributed by atoms with van der Waals surface area (Å²) in [6.07, 6.45) is 0. The molecule has 1 unspecified atom stereocenters. The highest BCUT2D eigenvalue weighted by molar-refractivity contribution is 7.85. The van der Waals surface area contributed by atoms with Crippen molar-refractivity contribution in [2.24, 2.45) is 0 Å². The molecule has 0 saturated heterocycles. The molecule has 0 N–H and O–H groups in total. The van der Waals surface area contributed by atoms with Gasteiger partial charge in [-0.1, -0.05) is 12.1 Å². The molecule has 1 nitrogen and oxygen atoms in total. The highest BCUT2D eigenvalue weighted by Gasteiger charge is 2.18. The fraction of sp³-hybridized carbons (Fsp3) is 0.143. The normalized spacial score (nSPS) is 13.3. The van der Waals surface area contributed by atoms with Crippen LogP contribution in [0.2, 0.25) is 0 Å². The lowest BCUT2D eigenvalue weighted by Crippen LogP contribution is -2.04. The average molecular weight is 194 g/mol. The fourth-order valence-electron chi connectivity index (χ4n) is 0.704. The molecule has 0 aliphatic carbocycles. The van der Waals surface area contributed by atoms with Crippen LogP contribution in [-0.2, 0) is 10.8 Å². The number of halogens is 3. The Bertz CT molecular complexity index is 300. The largest absolute Gasteiger partial charge is 0.316 e. The molecule has 0 spiro atoms. The first-order valence-corrected chi connectivity index (χ1v) is 4.27. The molecule has 5 heteroatoms. The lowest BCUT2D eigenvalue weighted by molar-refractivity contribution is 0.243. The Labute approximate surface area is 69.7 Å². The molecule has 1 rings (SSSR count). The van der Waals surface area contributed by atoms with Gasteiger partial charge in [-0.3, -0.25) is 0 Å². The van der Waals surface area contributed by atoms with Crippen LogP contribution in [0.1, 0.15) is 0 Å². The van der Waals surface area contributed by atoms with Crippen LogP contribution in [0.15, 0.2) is 29.2 Å². The second kappa shape index (κ2) is 3.71. The molecule has 0 aromatic heterocycles. The Morgan fingerprint density at radius 2 is 1.83 bits per heavy atom. The second-order valence-corrected chi connectivity index (χ2v) is 3.38. The van der Waals surface area contributed by atoms with Gasteiger partial charge >= 0.3 is 5.76 Å². The van der Waals surface area contributed by atoms with Crippen LogP contribution in [-0.4, -0.2) is 9.97 Å². The number of hydrogen-bond acceptors (Lipinski definition) is 1. The Balaban J connectivity index is 3.03. The zero-order chi connectivity index (χ0) is 9.14. The molecule has 12 heavy (non-hydrogen) atoms. The zero-order valence-electron chi connectivity index (χ0n) is 5.84. The Morgan fingerprint density at radius 3 is 2.33 bits per heavy atom. The SMILES string of the molecule is O=S(c1ccccc1F)C(F)F. The summed E-state index contributed by atoms with van der Waals surface area (Å²) >= 11 is 0. The topological polar surface area (TPSA) is 17.1 Å². The molecule has 0 amide bonds. The highest BCUT2D eigenvalue weighted by atomic mass is 32.2. The van der Waals surface area contributed by atoms with E-state index >= 15 is 0 Å². The molecule has 0 bridgehead atoms. The van der Waals surface area contributed by atoms with E-state index in [1.54, 1.807) is 0 Å². The van der Waals surface area contributed by atoms with E-state index in [1.807, 2.05) is 0 Å². The third-order valence-electron chi connectivity index (χ3n) is 1.22. The van der Waals surface area contributed by atoms with Gasteiger partial charge in [0.2, 0.25) is 0 Å². The van der Waals surface area contributed by atoms with Crippen molar-refractivity contribution in [3.8, 4) is 0 Å². The van der Waals surface area contributed by atoms with Gasteiger partial charge in [0.25, 0.3) is 0 Å². The molecule has 1 atom stereocenters. The van der Waals surface area contributed by atoms with Gasteiger partial charge < -0.3 is 0 Å². The summed E-state index contributed by atoms with van der Waals surface area (Å²) < 4.78 is 47.0. The summed E-state index contributed by atoms with van der Waals surface area (Å²) in [7, 11) is -2.56. The van der Waals surface area contributed by atoms with E-state index in [4.69, 9.17) is 0 Å². The van der Waals surface area contributed by atoms with Gasteiger partial charge in [0.05, 0.1) is 4.90 Å². The summed E-state index contributed by atoms with van der Waals surface area (Å²) in [5.74, 6) is -3.90. The number of alkyl halides is 2. The lowest BCUT2D eigenvalue weighted by Gasteiger charge is -2.00. The Morgan fingerprint density at radius 1 is 1.25 bits per heavy atom. The van der Waals surface area contributed by atoms with E-state index < -0.39 is 27.3 Å². The van der Waals surface area contributed by atoms with Crippen molar-refractivity contribution in [1.29, 1.82) is 0 Å². The van der Waals surface area contributed by atoms with Gasteiger partial charge in [-0.25, -0.2) is 8.60 Å². The predicted octanol–water partition coefficient (Wildman–Crippen LogP) is 2.16. The summed E-state index contributed by atoms with van der Waals surface area (Å²) in [5, 5.41) is 0. The first-order valence-electron chi connectivity index (χ1n) is 3.06. The smallest absolute Gasteiger partial charge is 0.248 e. The maximum atomic E-state index is 12.7. The van der Waals surface area contributed by atoms with Crippen molar-refractivity contribution < 1.29 is 17.4 Å². The van der Waals surface area contributed by atoms with Crippen LogP contribution >= 0.6 is 0 Å². The number of rotatable bonds is 2. The van der Waals surface area contributed by atoms with Gasteiger partial charge in [0.15, 0.2) is 0 Å². The van der Waals surface area contributed by atoms with E-state index in [1.165, 1.54) is 12.1 Å². The molecule has 0 aliphatic rings. The first kappa shape index (κ1) is 9.25. The summed E-state index contributed by atoms with van der Waals surface area (Å²) in [6.45, 7) is 0. The maximum absolute atomic E-state index is 12.7. The molecule has 1 aromatic rings. The number of hydrogen-bond donors (Lipinski definition) is 0. The van der Waals surface area contributed by atoms with Gasteiger partial charge in [-0.05, 0) is 12.1 Å². The maximum Gasteiger partial charge on any atom is 0.316 e. The van der Waals surface area contributed by atoms with Crippen LogP contribution in [0.25, 0.3) is 0 Å². The van der Waals surface area contributed by atoms with Crippen molar-refractivity contribution in [2.45, 2.75) is 10.7 Å². The Hall–Kier alpha value is -0.840. The predicted molar refractivity (Wildman–Crippen MR) is 38.8 cm³/mol. The minimum atomic E-state index is -3.04. The molecule has 0 aliphatic heterocycles. The first-order chi connectivity index (χ1) is 5.63. The minimum absolute atomic E-state index is 0.451. The minimum Gasteiger partial charge on any atom is -0.248 e. The summed E-state index contributed by atoms with van der Waals surface area (Å²) in [6, 6.07) is 4.79. The van der Waals surface area contributed by atoms with E-state index in [9.17, 15) is 17.4 Å². The molecule has 0 heterocycles. The highest BCUT2D eigenvalue weighted by Crippen LogP contribution is 2.16. The summed E-state index contributed by atoms with van der Waals surface area (Å²) in [4.78, 5) is -0.451. The van der Waals surface area contributed by atoms with Gasteiger partial charge in [0.1, 0.15) is 16.6 Å². The molecular formula is C7H5F3OS. The quantitative estimate of drug-likeness (QED) is 0.705. The monoisotopic (exact) mass is 194 g/mol. The van der Waals surface area contributed by atoms with E-state index in [0.717, 1.165) is 12.1 Å². The molecule has 66 valence electrons. The molecule has 0 radical (unpaired) electrons. The second-order valence-electron chi connectivity index (χ2n) is 1.99. The van der Waals surface area contributed by atoms with Crippen molar-refractivity contribution in [1.82, 2.24) is 0 Å². The fourth-order valence-corrected chi connectivity index (χ4v) is 1.37. The molecule has 1 aromatic carbocycles. The van der Waals surface area contributed by atoms with Crippen molar-refractivity contribution in [2.75, 3.05) is 0 Å². The van der Waals surface area contributed by atoms with Crippen LogP contribution in [0.3, 0.4) is 0 Å². The van der Waals surface area contributed by atoms with Crippen LogP contribution < -0.4 is 0 Å². The third-order valence-corrected chi connectivity index (χ3v) is 2.30. The number of benzene rings is 1. The van der Waals surface area contributed by atoms with Crippen LogP contribution in [0.5, 0.6) is 0 Å². The van der Waals surface area contributed by atoms with E-state index in [-0.39, 0.29) is 0 Å². The van der Waals surface area contributed by atoms with Crippen molar-refractivity contribution >= 4 is 10.8 Å². The van der Waals surface area contributed by atoms with E-state index in [2.05, 4.69) is 0 Å². The van der Waals surface area contributed by atoms with Crippen LogP contribution in [0, 0.1) is 5.82 Å². The zero-order valence-corrected chi connectivity index (χ0v) is 6.65. The third kappa shape index (κ3) is 1.85. The molecular weight excluding hydrogens is 189 g/mol. The van der Waals surface area contributed by atoms with Crippen molar-refractivity contribution in [3.05, 3.63) is 30.1 Å². The van der Waals surface area contributed by atoms with Gasteiger partial charge in [-0.2, -0.15) is 8.78 Å². The lowest BCUT2D eigenvalue weighted by atomic mass is 10.4. The standard InChI is InChI=1S/C7H5F3OS/c8-5-3-1-2-4-6(5)12(11)7(9)10/h1-4,7H. The van der Waals surface area contributed by atoms with E-state index in [0.29, 0.717) is 0 Å². The average Bonchev–Trinajstić information content (AvgIpc) is 2.04.